The number of halogens is 3. The van der Waals surface area contributed by atoms with E-state index in [1.165, 1.54) is 13.1 Å². The van der Waals surface area contributed by atoms with Crippen LogP contribution in [-0.2, 0) is 38.1 Å². The second-order valence-electron chi connectivity index (χ2n) is 7.93. The van der Waals surface area contributed by atoms with Gasteiger partial charge in [-0.05, 0) is 12.1 Å². The van der Waals surface area contributed by atoms with E-state index in [9.17, 15) is 32.3 Å². The zero-order valence-electron chi connectivity index (χ0n) is 20.0. The van der Waals surface area contributed by atoms with Gasteiger partial charge in [0.15, 0.2) is 34.8 Å². The van der Waals surface area contributed by atoms with E-state index in [-0.39, 0.29) is 11.3 Å². The SMILES string of the molecule is CC(=O)OC[C@H]1O[C@H](SC(C)=O)[C@H](OC(C)=O)[C@@H](n2cc(-c3cc(F)c(F)c(F)c3)nn2)[C@H]1OC(C)=O. The predicted octanol–water partition coefficient (Wildman–Crippen LogP) is 2.33. The lowest BCUT2D eigenvalue weighted by Crippen LogP contribution is -2.58. The summed E-state index contributed by atoms with van der Waals surface area (Å²) in [5.41, 5.74) is -1.42. The van der Waals surface area contributed by atoms with Crippen LogP contribution in [0, 0.1) is 17.5 Å². The number of benzene rings is 1. The van der Waals surface area contributed by atoms with Crippen molar-refractivity contribution >= 4 is 34.8 Å². The van der Waals surface area contributed by atoms with E-state index in [0.29, 0.717) is 23.9 Å². The lowest BCUT2D eigenvalue weighted by Gasteiger charge is -2.44. The third kappa shape index (κ3) is 6.85. The van der Waals surface area contributed by atoms with Crippen LogP contribution >= 0.6 is 11.8 Å². The molecule has 3 rings (SSSR count). The Morgan fingerprint density at radius 1 is 0.973 bits per heavy atom. The van der Waals surface area contributed by atoms with E-state index in [1.54, 1.807) is 0 Å². The van der Waals surface area contributed by atoms with Gasteiger partial charge in [0.1, 0.15) is 29.9 Å². The topological polar surface area (TPSA) is 136 Å². The highest BCUT2D eigenvalue weighted by molar-refractivity contribution is 8.14. The monoisotopic (exact) mass is 545 g/mol. The van der Waals surface area contributed by atoms with Crippen molar-refractivity contribution in [2.75, 3.05) is 6.61 Å². The van der Waals surface area contributed by atoms with Crippen LogP contribution in [0.5, 0.6) is 0 Å². The zero-order valence-corrected chi connectivity index (χ0v) is 20.8. The Bertz CT molecular complexity index is 1190. The second kappa shape index (κ2) is 11.7. The Balaban J connectivity index is 2.12. The van der Waals surface area contributed by atoms with Crippen LogP contribution in [0.1, 0.15) is 33.7 Å². The first kappa shape index (κ1) is 28.1. The third-order valence-electron chi connectivity index (χ3n) is 5.05. The van der Waals surface area contributed by atoms with Crippen molar-refractivity contribution in [1.29, 1.82) is 0 Å². The third-order valence-corrected chi connectivity index (χ3v) is 5.99. The minimum atomic E-state index is -1.66. The van der Waals surface area contributed by atoms with Crippen molar-refractivity contribution < 1.29 is 51.3 Å². The molecule has 2 aromatic rings. The molecule has 11 nitrogen and oxygen atoms in total. The molecule has 1 fully saturated rings. The molecule has 0 unspecified atom stereocenters. The fourth-order valence-corrected chi connectivity index (χ4v) is 4.58. The van der Waals surface area contributed by atoms with Crippen LogP contribution in [0.15, 0.2) is 18.3 Å². The van der Waals surface area contributed by atoms with Gasteiger partial charge in [-0.1, -0.05) is 17.0 Å². The van der Waals surface area contributed by atoms with Crippen molar-refractivity contribution in [1.82, 2.24) is 15.0 Å². The largest absolute Gasteiger partial charge is 0.463 e. The van der Waals surface area contributed by atoms with Crippen molar-refractivity contribution in [3.05, 3.63) is 35.8 Å². The highest BCUT2D eigenvalue weighted by Gasteiger charge is 2.52. The molecule has 200 valence electrons. The highest BCUT2D eigenvalue weighted by atomic mass is 32.2. The Morgan fingerprint density at radius 3 is 2.11 bits per heavy atom. The summed E-state index contributed by atoms with van der Waals surface area (Å²) in [7, 11) is 0. The number of esters is 3. The fourth-order valence-electron chi connectivity index (χ4n) is 3.70. The number of nitrogens with zero attached hydrogens (tertiary/aromatic N) is 3. The molecule has 0 amide bonds. The molecule has 0 spiro atoms. The molecule has 5 atom stereocenters. The number of carbonyl (C=O) groups excluding carboxylic acids is 4. The molecule has 2 heterocycles. The summed E-state index contributed by atoms with van der Waals surface area (Å²) in [4.78, 5) is 47.3. The predicted molar refractivity (Wildman–Crippen MR) is 119 cm³/mol. The van der Waals surface area contributed by atoms with E-state index in [2.05, 4.69) is 10.3 Å². The first-order valence-electron chi connectivity index (χ1n) is 10.7. The number of hydrogen-bond donors (Lipinski definition) is 0. The number of hydrogen-bond acceptors (Lipinski definition) is 11. The summed E-state index contributed by atoms with van der Waals surface area (Å²) in [6.07, 6.45) is -2.52. The number of ether oxygens (including phenoxy) is 4. The lowest BCUT2D eigenvalue weighted by atomic mass is 9.96. The molecule has 0 bridgehead atoms. The minimum absolute atomic E-state index is 0.0975. The highest BCUT2D eigenvalue weighted by Crippen LogP contribution is 2.39. The van der Waals surface area contributed by atoms with Gasteiger partial charge >= 0.3 is 17.9 Å². The van der Waals surface area contributed by atoms with Crippen molar-refractivity contribution in [2.24, 2.45) is 0 Å². The van der Waals surface area contributed by atoms with E-state index in [1.807, 2.05) is 0 Å². The van der Waals surface area contributed by atoms with E-state index >= 15 is 0 Å². The summed E-state index contributed by atoms with van der Waals surface area (Å²) in [5.74, 6) is -6.77. The molecule has 0 N–H and O–H groups in total. The van der Waals surface area contributed by atoms with Gasteiger partial charge in [0, 0.05) is 33.3 Å². The summed E-state index contributed by atoms with van der Waals surface area (Å²) in [5, 5.41) is 7.40. The van der Waals surface area contributed by atoms with Gasteiger partial charge in [-0.2, -0.15) is 0 Å². The smallest absolute Gasteiger partial charge is 0.303 e. The summed E-state index contributed by atoms with van der Waals surface area (Å²) >= 11 is 0.670. The van der Waals surface area contributed by atoms with Gasteiger partial charge in [0.2, 0.25) is 0 Å². The normalized spacial score (nSPS) is 23.3. The number of thioether (sulfide) groups is 1. The van der Waals surface area contributed by atoms with Crippen LogP contribution < -0.4 is 0 Å². The summed E-state index contributed by atoms with van der Waals surface area (Å²) < 4.78 is 63.9. The molecule has 37 heavy (non-hydrogen) atoms. The molecule has 1 aliphatic heterocycles. The molecule has 1 aromatic heterocycles. The number of aromatic nitrogens is 3. The maximum Gasteiger partial charge on any atom is 0.303 e. The summed E-state index contributed by atoms with van der Waals surface area (Å²) in [6.45, 7) is 4.21. The van der Waals surface area contributed by atoms with Crippen LogP contribution in [0.2, 0.25) is 0 Å². The lowest BCUT2D eigenvalue weighted by molar-refractivity contribution is -0.212. The van der Waals surface area contributed by atoms with Gasteiger partial charge in [-0.15, -0.1) is 5.10 Å². The maximum atomic E-state index is 13.8. The fraction of sp³-hybridized carbons (Fsp3) is 0.455. The minimum Gasteiger partial charge on any atom is -0.463 e. The van der Waals surface area contributed by atoms with Crippen molar-refractivity contribution in [3.63, 3.8) is 0 Å². The second-order valence-corrected chi connectivity index (χ2v) is 9.21. The average molecular weight is 545 g/mol. The number of rotatable bonds is 7. The van der Waals surface area contributed by atoms with Gasteiger partial charge in [0.05, 0.1) is 6.20 Å². The molecule has 0 radical (unpaired) electrons. The van der Waals surface area contributed by atoms with Gasteiger partial charge in [-0.25, -0.2) is 17.9 Å². The molecular weight excluding hydrogens is 523 g/mol. The molecule has 1 aromatic carbocycles. The first-order valence-corrected chi connectivity index (χ1v) is 11.6. The average Bonchev–Trinajstić information content (AvgIpc) is 3.26. The number of carbonyl (C=O) groups is 4. The Morgan fingerprint density at radius 2 is 1.57 bits per heavy atom. The van der Waals surface area contributed by atoms with Gasteiger partial charge in [-0.3, -0.25) is 19.2 Å². The van der Waals surface area contributed by atoms with Crippen molar-refractivity contribution in [3.8, 4) is 11.3 Å². The van der Waals surface area contributed by atoms with Crippen molar-refractivity contribution in [2.45, 2.75) is 57.5 Å². The van der Waals surface area contributed by atoms with Crippen LogP contribution in [0.4, 0.5) is 13.2 Å². The van der Waals surface area contributed by atoms with Crippen LogP contribution in [-0.4, -0.2) is 68.4 Å². The molecule has 1 saturated heterocycles. The standard InChI is InChI=1S/C22H22F3N3O8S/c1-9(29)33-8-17-20(34-10(2)30)19(21(35-11(3)31)22(36-17)37-12(4)32)28-7-16(26-27-28)13-5-14(23)18(25)15(24)6-13/h5-7,17,19-22H,8H2,1-4H3/t17-,19+,20+,21-,22-/m1/s1. The Hall–Kier alpha value is -3.46. The first-order chi connectivity index (χ1) is 17.4. The van der Waals surface area contributed by atoms with Crippen LogP contribution in [0.25, 0.3) is 11.3 Å². The molecule has 0 saturated carbocycles. The van der Waals surface area contributed by atoms with E-state index < -0.39 is 76.9 Å². The summed E-state index contributed by atoms with van der Waals surface area (Å²) in [6, 6.07) is 0.221. The Kier molecular flexibility index (Phi) is 8.91. The molecule has 1 aliphatic rings. The van der Waals surface area contributed by atoms with Gasteiger partial charge in [0.25, 0.3) is 0 Å². The quantitative estimate of drug-likeness (QED) is 0.288. The Labute approximate surface area is 212 Å². The van der Waals surface area contributed by atoms with E-state index in [0.717, 1.165) is 25.5 Å². The van der Waals surface area contributed by atoms with E-state index in [4.69, 9.17) is 18.9 Å². The zero-order chi connectivity index (χ0) is 27.4. The molecule has 0 aliphatic carbocycles. The maximum absolute atomic E-state index is 13.8. The van der Waals surface area contributed by atoms with Crippen LogP contribution in [0.3, 0.4) is 0 Å². The molecule has 15 heteroatoms. The molecular formula is C22H22F3N3O8S. The van der Waals surface area contributed by atoms with Gasteiger partial charge < -0.3 is 18.9 Å².